The lowest BCUT2D eigenvalue weighted by molar-refractivity contribution is 0.102. The fourth-order valence-electron chi connectivity index (χ4n) is 2.13. The zero-order valence-corrected chi connectivity index (χ0v) is 15.0. The molecular weight excluding hydrogens is 381 g/mol. The van der Waals surface area contributed by atoms with Gasteiger partial charge in [-0.05, 0) is 54.6 Å². The summed E-state index contributed by atoms with van der Waals surface area (Å²) in [6.45, 7) is 0. The van der Waals surface area contributed by atoms with Gasteiger partial charge in [0, 0.05) is 22.6 Å². The average molecular weight is 393 g/mol. The first-order valence-corrected chi connectivity index (χ1v) is 8.40. The molecule has 0 aliphatic carbocycles. The number of pyridine rings is 1. The van der Waals surface area contributed by atoms with Gasteiger partial charge in [0.05, 0.1) is 15.6 Å². The second-order valence-electron chi connectivity index (χ2n) is 5.11. The molecule has 3 aromatic rings. The van der Waals surface area contributed by atoms with Crippen LogP contribution in [0.4, 0.5) is 17.2 Å². The molecule has 0 saturated carbocycles. The van der Waals surface area contributed by atoms with E-state index in [2.05, 4.69) is 15.6 Å². The Balaban J connectivity index is 1.83. The number of nitrogens with one attached hydrogen (secondary N) is 2. The monoisotopic (exact) mass is 391 g/mol. The second kappa shape index (κ2) is 7.74. The van der Waals surface area contributed by atoms with Crippen molar-refractivity contribution in [3.05, 3.63) is 81.4 Å². The van der Waals surface area contributed by atoms with Crippen molar-refractivity contribution < 1.29 is 4.79 Å². The summed E-state index contributed by atoms with van der Waals surface area (Å²) in [6.07, 6.45) is 1.60. The highest BCUT2D eigenvalue weighted by atomic mass is 35.5. The molecule has 0 fully saturated rings. The zero-order valence-electron chi connectivity index (χ0n) is 12.8. The molecule has 126 valence electrons. The molecule has 1 heterocycles. The molecule has 1 amide bonds. The van der Waals surface area contributed by atoms with E-state index < -0.39 is 0 Å². The molecule has 0 unspecified atom stereocenters. The van der Waals surface area contributed by atoms with E-state index in [1.54, 1.807) is 60.8 Å². The average Bonchev–Trinajstić information content (AvgIpc) is 2.60. The van der Waals surface area contributed by atoms with Gasteiger partial charge in [0.1, 0.15) is 5.82 Å². The number of aromatic nitrogens is 1. The van der Waals surface area contributed by atoms with E-state index in [0.29, 0.717) is 37.8 Å². The van der Waals surface area contributed by atoms with Gasteiger partial charge in [0.15, 0.2) is 0 Å². The molecule has 25 heavy (non-hydrogen) atoms. The Bertz CT molecular complexity index is 914. The lowest BCUT2D eigenvalue weighted by atomic mass is 10.2. The number of benzene rings is 2. The van der Waals surface area contributed by atoms with Crippen LogP contribution in [-0.4, -0.2) is 10.9 Å². The maximum atomic E-state index is 12.6. The van der Waals surface area contributed by atoms with E-state index in [4.69, 9.17) is 34.8 Å². The van der Waals surface area contributed by atoms with Crippen molar-refractivity contribution in [1.82, 2.24) is 4.98 Å². The summed E-state index contributed by atoms with van der Waals surface area (Å²) in [5, 5.41) is 7.35. The highest BCUT2D eigenvalue weighted by Crippen LogP contribution is 2.27. The van der Waals surface area contributed by atoms with Crippen molar-refractivity contribution in [3.63, 3.8) is 0 Å². The molecule has 0 atom stereocenters. The van der Waals surface area contributed by atoms with Gasteiger partial charge >= 0.3 is 0 Å². The van der Waals surface area contributed by atoms with Crippen molar-refractivity contribution in [2.24, 2.45) is 0 Å². The third-order valence-electron chi connectivity index (χ3n) is 3.34. The summed E-state index contributed by atoms with van der Waals surface area (Å²) < 4.78 is 0. The van der Waals surface area contributed by atoms with E-state index >= 15 is 0 Å². The predicted octanol–water partition coefficient (Wildman–Crippen LogP) is 6.04. The fraction of sp³-hybridized carbons (Fsp3) is 0. The fourth-order valence-corrected chi connectivity index (χ4v) is 2.55. The zero-order chi connectivity index (χ0) is 17.8. The standard InChI is InChI=1S/C18H12Cl3N3O/c19-11-3-5-12(6-4-11)24-18(25)14-2-1-9-22-17(14)23-13-7-8-15(20)16(21)10-13/h1-10H,(H,22,23)(H,24,25). The van der Waals surface area contributed by atoms with E-state index in [9.17, 15) is 4.79 Å². The number of halogens is 3. The van der Waals surface area contributed by atoms with Gasteiger partial charge in [0.2, 0.25) is 0 Å². The largest absolute Gasteiger partial charge is 0.340 e. The molecule has 2 aromatic carbocycles. The minimum absolute atomic E-state index is 0.294. The Morgan fingerprint density at radius 3 is 2.32 bits per heavy atom. The molecule has 0 aliphatic rings. The highest BCUT2D eigenvalue weighted by Gasteiger charge is 2.13. The predicted molar refractivity (Wildman–Crippen MR) is 103 cm³/mol. The van der Waals surface area contributed by atoms with Crippen molar-refractivity contribution >= 4 is 57.9 Å². The van der Waals surface area contributed by atoms with Crippen molar-refractivity contribution in [2.75, 3.05) is 10.6 Å². The Morgan fingerprint density at radius 2 is 1.60 bits per heavy atom. The maximum absolute atomic E-state index is 12.6. The molecular formula is C18H12Cl3N3O. The van der Waals surface area contributed by atoms with Crippen molar-refractivity contribution in [2.45, 2.75) is 0 Å². The van der Waals surface area contributed by atoms with Crippen LogP contribution in [0.2, 0.25) is 15.1 Å². The van der Waals surface area contributed by atoms with Gasteiger partial charge in [-0.3, -0.25) is 4.79 Å². The third-order valence-corrected chi connectivity index (χ3v) is 4.33. The Labute approximate surface area is 159 Å². The van der Waals surface area contributed by atoms with Crippen LogP contribution in [0.5, 0.6) is 0 Å². The van der Waals surface area contributed by atoms with Gasteiger partial charge in [-0.15, -0.1) is 0 Å². The molecule has 0 spiro atoms. The number of rotatable bonds is 4. The first kappa shape index (κ1) is 17.5. The van der Waals surface area contributed by atoms with Gasteiger partial charge in [-0.25, -0.2) is 4.98 Å². The number of hydrogen-bond acceptors (Lipinski definition) is 3. The number of hydrogen-bond donors (Lipinski definition) is 2. The molecule has 0 bridgehead atoms. The van der Waals surface area contributed by atoms with Gasteiger partial charge in [-0.1, -0.05) is 34.8 Å². The number of amides is 1. The normalized spacial score (nSPS) is 10.4. The molecule has 1 aromatic heterocycles. The molecule has 2 N–H and O–H groups in total. The van der Waals surface area contributed by atoms with Gasteiger partial charge < -0.3 is 10.6 Å². The van der Waals surface area contributed by atoms with Crippen LogP contribution in [0.15, 0.2) is 60.8 Å². The van der Waals surface area contributed by atoms with Gasteiger partial charge in [-0.2, -0.15) is 0 Å². The molecule has 7 heteroatoms. The number of carbonyl (C=O) groups excluding carboxylic acids is 1. The quantitative estimate of drug-likeness (QED) is 0.569. The van der Waals surface area contributed by atoms with Crippen LogP contribution >= 0.6 is 34.8 Å². The highest BCUT2D eigenvalue weighted by molar-refractivity contribution is 6.42. The van der Waals surface area contributed by atoms with Crippen molar-refractivity contribution in [3.8, 4) is 0 Å². The number of carbonyl (C=O) groups is 1. The maximum Gasteiger partial charge on any atom is 0.259 e. The van der Waals surface area contributed by atoms with E-state index in [1.807, 2.05) is 0 Å². The van der Waals surface area contributed by atoms with Crippen LogP contribution < -0.4 is 10.6 Å². The Morgan fingerprint density at radius 1 is 0.880 bits per heavy atom. The van der Waals surface area contributed by atoms with Gasteiger partial charge in [0.25, 0.3) is 5.91 Å². The summed E-state index contributed by atoms with van der Waals surface area (Å²) in [4.78, 5) is 16.8. The molecule has 0 saturated heterocycles. The van der Waals surface area contributed by atoms with Crippen LogP contribution in [0.1, 0.15) is 10.4 Å². The first-order chi connectivity index (χ1) is 12.0. The van der Waals surface area contributed by atoms with Crippen LogP contribution in [0.25, 0.3) is 0 Å². The minimum atomic E-state index is -0.294. The lowest BCUT2D eigenvalue weighted by Crippen LogP contribution is -2.14. The molecule has 0 aliphatic heterocycles. The molecule has 3 rings (SSSR count). The number of anilines is 3. The Hall–Kier alpha value is -2.27. The second-order valence-corrected chi connectivity index (χ2v) is 6.37. The van der Waals surface area contributed by atoms with Crippen LogP contribution in [0, 0.1) is 0 Å². The summed E-state index contributed by atoms with van der Waals surface area (Å²) >= 11 is 17.8. The topological polar surface area (TPSA) is 54.0 Å². The van der Waals surface area contributed by atoms with E-state index in [1.165, 1.54) is 0 Å². The summed E-state index contributed by atoms with van der Waals surface area (Å²) in [5.41, 5.74) is 1.70. The Kier molecular flexibility index (Phi) is 5.43. The van der Waals surface area contributed by atoms with Crippen molar-refractivity contribution in [1.29, 1.82) is 0 Å². The van der Waals surface area contributed by atoms with E-state index in [-0.39, 0.29) is 5.91 Å². The summed E-state index contributed by atoms with van der Waals surface area (Å²) in [7, 11) is 0. The third kappa shape index (κ3) is 4.42. The minimum Gasteiger partial charge on any atom is -0.340 e. The summed E-state index contributed by atoms with van der Waals surface area (Å²) in [5.74, 6) is 0.116. The van der Waals surface area contributed by atoms with E-state index in [0.717, 1.165) is 0 Å². The molecule has 0 radical (unpaired) electrons. The van der Waals surface area contributed by atoms with Crippen LogP contribution in [0.3, 0.4) is 0 Å². The number of nitrogens with zero attached hydrogens (tertiary/aromatic N) is 1. The lowest BCUT2D eigenvalue weighted by Gasteiger charge is -2.12. The molecule has 4 nitrogen and oxygen atoms in total. The van der Waals surface area contributed by atoms with Crippen LogP contribution in [-0.2, 0) is 0 Å². The first-order valence-electron chi connectivity index (χ1n) is 7.27. The SMILES string of the molecule is O=C(Nc1ccc(Cl)cc1)c1cccnc1Nc1ccc(Cl)c(Cl)c1. The summed E-state index contributed by atoms with van der Waals surface area (Å²) in [6, 6.07) is 15.3. The smallest absolute Gasteiger partial charge is 0.259 e.